The van der Waals surface area contributed by atoms with Crippen molar-refractivity contribution >= 4 is 29.6 Å². The van der Waals surface area contributed by atoms with E-state index in [0.717, 1.165) is 38.2 Å². The lowest BCUT2D eigenvalue weighted by Gasteiger charge is -2.38. The number of carbonyl (C=O) groups excluding carboxylic acids is 1. The summed E-state index contributed by atoms with van der Waals surface area (Å²) in [5.74, 6) is 1.58. The number of aliphatic imine (C=N–C) groups is 1. The van der Waals surface area contributed by atoms with Crippen LogP contribution in [0.25, 0.3) is 0 Å². The van der Waals surface area contributed by atoms with E-state index >= 15 is 0 Å². The Morgan fingerprint density at radius 1 is 1.11 bits per heavy atom. The fraction of sp³-hybridized carbons (Fsp3) is 0.480. The van der Waals surface area contributed by atoms with Gasteiger partial charge in [-0.15, -0.1) is 0 Å². The third-order valence-electron chi connectivity index (χ3n) is 6.94. The fourth-order valence-corrected chi connectivity index (χ4v) is 4.97. The van der Waals surface area contributed by atoms with Gasteiger partial charge in [-0.25, -0.2) is 14.7 Å². The normalized spacial score (nSPS) is 19.0. The SMILES string of the molecule is Cc1ccc(N/C(=C\C(=N)N2CCN(C3CCCC3)CC2)NC(=O)c2cnn3c2N=CCC3)nc1. The molecule has 2 aromatic rings. The first-order chi connectivity index (χ1) is 17.1. The van der Waals surface area contributed by atoms with Gasteiger partial charge in [0.2, 0.25) is 0 Å². The van der Waals surface area contributed by atoms with Gasteiger partial charge in [-0.05, 0) is 31.4 Å². The predicted molar refractivity (Wildman–Crippen MR) is 136 cm³/mol. The molecule has 3 aliphatic rings. The lowest BCUT2D eigenvalue weighted by atomic mass is 10.2. The molecule has 4 heterocycles. The fourth-order valence-electron chi connectivity index (χ4n) is 4.97. The quantitative estimate of drug-likeness (QED) is 0.437. The van der Waals surface area contributed by atoms with E-state index in [1.54, 1.807) is 29.4 Å². The van der Waals surface area contributed by atoms with E-state index in [4.69, 9.17) is 5.41 Å². The second-order valence-corrected chi connectivity index (χ2v) is 9.41. The zero-order valence-electron chi connectivity index (χ0n) is 20.2. The van der Waals surface area contributed by atoms with Crippen molar-refractivity contribution in [3.8, 4) is 0 Å². The summed E-state index contributed by atoms with van der Waals surface area (Å²) in [5.41, 5.74) is 1.45. The van der Waals surface area contributed by atoms with Crippen molar-refractivity contribution in [1.29, 1.82) is 5.41 Å². The predicted octanol–water partition coefficient (Wildman–Crippen LogP) is 2.91. The summed E-state index contributed by atoms with van der Waals surface area (Å²) < 4.78 is 1.74. The van der Waals surface area contributed by atoms with Gasteiger partial charge in [0, 0.05) is 63.7 Å². The molecule has 0 radical (unpaired) electrons. The second-order valence-electron chi connectivity index (χ2n) is 9.41. The number of hydrogen-bond acceptors (Lipinski definition) is 7. The number of pyridine rings is 1. The minimum atomic E-state index is -0.324. The molecule has 3 N–H and O–H groups in total. The first kappa shape index (κ1) is 23.2. The molecule has 5 rings (SSSR count). The van der Waals surface area contributed by atoms with Crippen LogP contribution in [-0.2, 0) is 6.54 Å². The standard InChI is InChI=1S/C25H33N9O/c1-18-7-8-22(28-16-18)30-23(31-25(35)20-17-29-34-10-4-9-27-24(20)34)15-21(26)33-13-11-32(12-14-33)19-5-2-3-6-19/h7-9,15-17,19,26H,2-6,10-14H2,1H3,(H,28,30)(H,31,35)/b23-15+,26-21?. The topological polar surface area (TPSA) is 115 Å². The molecule has 2 fully saturated rings. The van der Waals surface area contributed by atoms with Crippen LogP contribution >= 0.6 is 0 Å². The molecule has 0 atom stereocenters. The monoisotopic (exact) mass is 475 g/mol. The van der Waals surface area contributed by atoms with Gasteiger partial charge in [0.15, 0.2) is 5.82 Å². The average molecular weight is 476 g/mol. The molecular formula is C25H33N9O. The van der Waals surface area contributed by atoms with Gasteiger partial charge in [0.05, 0.1) is 6.20 Å². The largest absolute Gasteiger partial charge is 0.354 e. The van der Waals surface area contributed by atoms with Crippen LogP contribution in [0.15, 0.2) is 41.4 Å². The number of carbonyl (C=O) groups is 1. The Kier molecular flexibility index (Phi) is 6.89. The molecule has 35 heavy (non-hydrogen) atoms. The summed E-state index contributed by atoms with van der Waals surface area (Å²) in [6.07, 6.45) is 12.8. The number of nitrogens with zero attached hydrogens (tertiary/aromatic N) is 6. The summed E-state index contributed by atoms with van der Waals surface area (Å²) in [6.45, 7) is 6.23. The van der Waals surface area contributed by atoms with E-state index in [1.807, 2.05) is 19.1 Å². The second kappa shape index (κ2) is 10.4. The van der Waals surface area contributed by atoms with Crippen molar-refractivity contribution < 1.29 is 4.79 Å². The molecule has 10 nitrogen and oxygen atoms in total. The number of amidine groups is 1. The maximum absolute atomic E-state index is 13.1. The van der Waals surface area contributed by atoms with Gasteiger partial charge in [0.1, 0.15) is 23.0 Å². The molecule has 1 saturated heterocycles. The van der Waals surface area contributed by atoms with Crippen molar-refractivity contribution in [2.45, 2.75) is 51.6 Å². The first-order valence-corrected chi connectivity index (χ1v) is 12.5. The Morgan fingerprint density at radius 3 is 2.66 bits per heavy atom. The zero-order valence-corrected chi connectivity index (χ0v) is 20.2. The number of fused-ring (bicyclic) bond motifs is 1. The van der Waals surface area contributed by atoms with Crippen LogP contribution in [0.5, 0.6) is 0 Å². The maximum atomic E-state index is 13.1. The Labute approximate surface area is 205 Å². The average Bonchev–Trinajstić information content (AvgIpc) is 3.56. The minimum Gasteiger partial charge on any atom is -0.354 e. The van der Waals surface area contributed by atoms with E-state index in [9.17, 15) is 4.79 Å². The lowest BCUT2D eigenvalue weighted by Crippen LogP contribution is -2.51. The van der Waals surface area contributed by atoms with Gasteiger partial charge < -0.3 is 15.5 Å². The van der Waals surface area contributed by atoms with Crippen LogP contribution in [0.3, 0.4) is 0 Å². The molecular weight excluding hydrogens is 442 g/mol. The van der Waals surface area contributed by atoms with Gasteiger partial charge in [-0.3, -0.25) is 15.1 Å². The van der Waals surface area contributed by atoms with Gasteiger partial charge >= 0.3 is 0 Å². The molecule has 1 amide bonds. The van der Waals surface area contributed by atoms with Crippen LogP contribution < -0.4 is 10.6 Å². The summed E-state index contributed by atoms with van der Waals surface area (Å²) in [5, 5.41) is 19.1. The number of anilines is 1. The number of nitrogens with one attached hydrogen (secondary N) is 3. The third-order valence-corrected chi connectivity index (χ3v) is 6.94. The van der Waals surface area contributed by atoms with Crippen LogP contribution in [0.2, 0.25) is 0 Å². The highest BCUT2D eigenvalue weighted by Crippen LogP contribution is 2.25. The highest BCUT2D eigenvalue weighted by atomic mass is 16.1. The molecule has 0 aromatic carbocycles. The van der Waals surface area contributed by atoms with Gasteiger partial charge in [-0.2, -0.15) is 5.10 Å². The Bertz CT molecular complexity index is 1120. The molecule has 0 unspecified atom stereocenters. The van der Waals surface area contributed by atoms with Crippen LogP contribution in [0, 0.1) is 12.3 Å². The number of hydrogen-bond donors (Lipinski definition) is 3. The van der Waals surface area contributed by atoms with E-state index in [2.05, 4.69) is 35.5 Å². The Balaban J connectivity index is 1.30. The van der Waals surface area contributed by atoms with Crippen molar-refractivity contribution in [1.82, 2.24) is 29.9 Å². The number of aryl methyl sites for hydroxylation is 2. The summed E-state index contributed by atoms with van der Waals surface area (Å²) in [4.78, 5) is 26.5. The number of rotatable bonds is 6. The smallest absolute Gasteiger partial charge is 0.262 e. The number of aromatic nitrogens is 3. The summed E-state index contributed by atoms with van der Waals surface area (Å²) in [7, 11) is 0. The molecule has 184 valence electrons. The Morgan fingerprint density at radius 2 is 1.91 bits per heavy atom. The van der Waals surface area contributed by atoms with Crippen LogP contribution in [0.1, 0.15) is 48.0 Å². The molecule has 0 bridgehead atoms. The molecule has 2 aliphatic heterocycles. The van der Waals surface area contributed by atoms with E-state index in [-0.39, 0.29) is 5.91 Å². The highest BCUT2D eigenvalue weighted by molar-refractivity contribution is 6.01. The molecule has 1 saturated carbocycles. The highest BCUT2D eigenvalue weighted by Gasteiger charge is 2.27. The lowest BCUT2D eigenvalue weighted by molar-refractivity contribution is 0.0967. The molecule has 0 spiro atoms. The zero-order chi connectivity index (χ0) is 24.2. The third kappa shape index (κ3) is 5.43. The number of amides is 1. The van der Waals surface area contributed by atoms with Crippen molar-refractivity contribution in [2.75, 3.05) is 31.5 Å². The van der Waals surface area contributed by atoms with E-state index < -0.39 is 0 Å². The van der Waals surface area contributed by atoms with E-state index in [0.29, 0.717) is 41.4 Å². The molecule has 10 heteroatoms. The Hall–Kier alpha value is -3.53. The number of piperazine rings is 1. The molecule has 2 aromatic heterocycles. The van der Waals surface area contributed by atoms with Gasteiger partial charge in [-0.1, -0.05) is 18.9 Å². The van der Waals surface area contributed by atoms with Crippen molar-refractivity contribution in [3.05, 3.63) is 47.6 Å². The molecule has 1 aliphatic carbocycles. The van der Waals surface area contributed by atoms with Gasteiger partial charge in [0.25, 0.3) is 5.91 Å². The van der Waals surface area contributed by atoms with E-state index in [1.165, 1.54) is 25.7 Å². The van der Waals surface area contributed by atoms with Crippen LogP contribution in [0.4, 0.5) is 11.6 Å². The summed E-state index contributed by atoms with van der Waals surface area (Å²) in [6, 6.07) is 4.51. The minimum absolute atomic E-state index is 0.324. The van der Waals surface area contributed by atoms with Crippen molar-refractivity contribution in [2.24, 2.45) is 4.99 Å². The summed E-state index contributed by atoms with van der Waals surface area (Å²) >= 11 is 0. The maximum Gasteiger partial charge on any atom is 0.262 e. The van der Waals surface area contributed by atoms with Crippen LogP contribution in [-0.4, -0.2) is 74.7 Å². The first-order valence-electron chi connectivity index (χ1n) is 12.5. The van der Waals surface area contributed by atoms with Crippen molar-refractivity contribution in [3.63, 3.8) is 0 Å².